The molecule has 7 rings (SSSR count). The van der Waals surface area contributed by atoms with Crippen LogP contribution in [0.3, 0.4) is 0 Å². The van der Waals surface area contributed by atoms with E-state index in [4.69, 9.17) is 14.6 Å². The Labute approximate surface area is 288 Å². The highest BCUT2D eigenvalue weighted by molar-refractivity contribution is 5.98. The van der Waals surface area contributed by atoms with Crippen LogP contribution in [0.15, 0.2) is 42.5 Å². The average Bonchev–Trinajstić information content (AvgIpc) is 3.52. The Morgan fingerprint density at radius 1 is 0.959 bits per heavy atom. The number of carbonyl (C=O) groups is 3. The van der Waals surface area contributed by atoms with Gasteiger partial charge in [0, 0.05) is 12.1 Å². The first-order chi connectivity index (χ1) is 23.5. The summed E-state index contributed by atoms with van der Waals surface area (Å²) >= 11 is 0. The molecule has 0 aliphatic heterocycles. The zero-order chi connectivity index (χ0) is 35.0. The number of benzene rings is 2. The van der Waals surface area contributed by atoms with Crippen molar-refractivity contribution in [3.05, 3.63) is 59.3 Å². The molecule has 1 heterocycles. The van der Waals surface area contributed by atoms with Gasteiger partial charge in [-0.05, 0) is 131 Å². The fraction of sp³-hybridized carbons (Fsp3) is 0.526. The number of aromatic nitrogens is 2. The van der Waals surface area contributed by atoms with Crippen molar-refractivity contribution in [1.29, 1.82) is 0 Å². The van der Waals surface area contributed by atoms with Gasteiger partial charge in [0.2, 0.25) is 0 Å². The Morgan fingerprint density at radius 3 is 2.14 bits per heavy atom. The third-order valence-corrected chi connectivity index (χ3v) is 10.9. The Hall–Kier alpha value is -4.38. The van der Waals surface area contributed by atoms with Crippen molar-refractivity contribution in [2.45, 2.75) is 63.8 Å². The van der Waals surface area contributed by atoms with Crippen molar-refractivity contribution in [2.24, 2.45) is 23.7 Å². The summed E-state index contributed by atoms with van der Waals surface area (Å²) in [6, 6.07) is 12.6. The number of nitrogens with one attached hydrogen (secondary N) is 2. The van der Waals surface area contributed by atoms with Crippen LogP contribution in [0.4, 0.5) is 0 Å². The summed E-state index contributed by atoms with van der Waals surface area (Å²) in [5.41, 5.74) is 1.98. The minimum atomic E-state index is -1.32. The highest BCUT2D eigenvalue weighted by atomic mass is 16.5. The summed E-state index contributed by atoms with van der Waals surface area (Å²) in [6.07, 6.45) is 5.30. The van der Waals surface area contributed by atoms with Gasteiger partial charge >= 0.3 is 5.97 Å². The van der Waals surface area contributed by atoms with E-state index in [1.165, 1.54) is 6.42 Å². The average molecular weight is 672 g/mol. The number of ether oxygens (including phenoxy) is 2. The lowest BCUT2D eigenvalue weighted by Gasteiger charge is -2.59. The smallest absolute Gasteiger partial charge is 0.330 e. The second kappa shape index (κ2) is 13.9. The number of carboxylic acid groups (broad SMARTS) is 1. The Balaban J connectivity index is 1.42. The lowest BCUT2D eigenvalue weighted by Crippen LogP contribution is -2.70. The van der Waals surface area contributed by atoms with Crippen molar-refractivity contribution in [1.82, 2.24) is 25.3 Å². The van der Waals surface area contributed by atoms with Crippen LogP contribution in [0.1, 0.15) is 84.7 Å². The van der Waals surface area contributed by atoms with Gasteiger partial charge in [-0.15, -0.1) is 0 Å². The van der Waals surface area contributed by atoms with Crippen LogP contribution in [0.2, 0.25) is 0 Å². The van der Waals surface area contributed by atoms with E-state index in [1.807, 2.05) is 58.3 Å². The van der Waals surface area contributed by atoms with Crippen molar-refractivity contribution in [2.75, 3.05) is 41.4 Å². The predicted molar refractivity (Wildman–Crippen MR) is 187 cm³/mol. The molecule has 0 saturated heterocycles. The molecule has 3 aromatic rings. The molecule has 0 radical (unpaired) electrons. The summed E-state index contributed by atoms with van der Waals surface area (Å²) in [5, 5.41) is 21.6. The molecule has 0 atom stereocenters. The second-order valence-corrected chi connectivity index (χ2v) is 14.6. The molecule has 4 fully saturated rings. The van der Waals surface area contributed by atoms with Gasteiger partial charge in [0.25, 0.3) is 11.8 Å². The molecule has 11 heteroatoms. The maximum Gasteiger partial charge on any atom is 0.330 e. The van der Waals surface area contributed by atoms with E-state index in [0.717, 1.165) is 44.2 Å². The van der Waals surface area contributed by atoms with Crippen molar-refractivity contribution in [3.63, 3.8) is 0 Å². The number of carboxylic acids is 1. The number of nitrogens with zero attached hydrogens (tertiary/aromatic N) is 3. The summed E-state index contributed by atoms with van der Waals surface area (Å²) in [7, 11) is 7.14. The molecule has 0 spiro atoms. The molecule has 11 nitrogen and oxygen atoms in total. The molecule has 4 saturated carbocycles. The van der Waals surface area contributed by atoms with Crippen molar-refractivity contribution in [3.8, 4) is 28.4 Å². The van der Waals surface area contributed by atoms with Gasteiger partial charge in [-0.2, -0.15) is 5.10 Å². The molecular weight excluding hydrogens is 622 g/mol. The van der Waals surface area contributed by atoms with Crippen LogP contribution in [0, 0.1) is 23.7 Å². The molecule has 4 aliphatic carbocycles. The zero-order valence-corrected chi connectivity index (χ0v) is 29.4. The summed E-state index contributed by atoms with van der Waals surface area (Å²) in [6.45, 7) is 5.52. The first-order valence-electron chi connectivity index (χ1n) is 17.4. The lowest BCUT2D eigenvalue weighted by atomic mass is 9.48. The maximum absolute atomic E-state index is 14.2. The number of amides is 2. The predicted octanol–water partition coefficient (Wildman–Crippen LogP) is 5.37. The molecule has 3 N–H and O–H groups in total. The Bertz CT molecular complexity index is 1680. The molecule has 4 bridgehead atoms. The van der Waals surface area contributed by atoms with E-state index in [1.54, 1.807) is 31.0 Å². The van der Waals surface area contributed by atoms with E-state index in [2.05, 4.69) is 15.5 Å². The second-order valence-electron chi connectivity index (χ2n) is 14.6. The summed E-state index contributed by atoms with van der Waals surface area (Å²) < 4.78 is 13.2. The highest BCUT2D eigenvalue weighted by Gasteiger charge is 2.62. The van der Waals surface area contributed by atoms with Crippen LogP contribution < -0.4 is 20.1 Å². The van der Waals surface area contributed by atoms with E-state index < -0.39 is 17.4 Å². The minimum absolute atomic E-state index is 0.00582. The van der Waals surface area contributed by atoms with Gasteiger partial charge in [0.05, 0.1) is 31.2 Å². The number of carbonyl (C=O) groups excluding carboxylic acids is 2. The van der Waals surface area contributed by atoms with Crippen molar-refractivity contribution < 1.29 is 29.0 Å². The molecule has 2 amide bonds. The maximum atomic E-state index is 14.2. The van der Waals surface area contributed by atoms with E-state index in [0.29, 0.717) is 52.4 Å². The number of hydrogen-bond donors (Lipinski definition) is 3. The van der Waals surface area contributed by atoms with Gasteiger partial charge < -0.3 is 30.1 Å². The highest BCUT2D eigenvalue weighted by Crippen LogP contribution is 2.58. The number of aliphatic carboxylic acids is 1. The van der Waals surface area contributed by atoms with Gasteiger partial charge in [-0.1, -0.05) is 19.9 Å². The van der Waals surface area contributed by atoms with Gasteiger partial charge in [0.15, 0.2) is 5.69 Å². The quantitative estimate of drug-likeness (QED) is 0.207. The number of hydrogen-bond acceptors (Lipinski definition) is 7. The standard InChI is InChI=1S/C38H49N5O6/c1-22(2)28-20-25(35(44)39-13-8-14-42(3)4)11-12-30(28)43-31(34-32(48-5)9-7-10-33(34)49-6)21-29(41-43)36(45)40-38(37(46)47)26-16-23-15-24(18-26)19-27(38)17-23/h7,9-12,20-24,26-27H,8,13-19H2,1-6H3,(H,39,44)(H,40,45)(H,46,47). The van der Waals surface area contributed by atoms with Crippen LogP contribution in [0.25, 0.3) is 16.9 Å². The minimum Gasteiger partial charge on any atom is -0.496 e. The fourth-order valence-electron chi connectivity index (χ4n) is 8.79. The van der Waals surface area contributed by atoms with Crippen LogP contribution in [0.5, 0.6) is 11.5 Å². The third kappa shape index (κ3) is 6.40. The van der Waals surface area contributed by atoms with Gasteiger partial charge in [-0.3, -0.25) is 9.59 Å². The molecule has 2 aromatic carbocycles. The molecule has 0 unspecified atom stereocenters. The zero-order valence-electron chi connectivity index (χ0n) is 29.4. The third-order valence-electron chi connectivity index (χ3n) is 10.9. The molecule has 262 valence electrons. The normalized spacial score (nSPS) is 23.9. The molecule has 49 heavy (non-hydrogen) atoms. The van der Waals surface area contributed by atoms with Crippen molar-refractivity contribution >= 4 is 17.8 Å². The number of rotatable bonds is 13. The summed E-state index contributed by atoms with van der Waals surface area (Å²) in [4.78, 5) is 42.6. The SMILES string of the molecule is COc1cccc(OC)c1-c1cc(C(=O)NC2(C(=O)O)C3CC4CC(C3)CC2C4)nn1-c1ccc(C(=O)NCCCN(C)C)cc1C(C)C. The summed E-state index contributed by atoms with van der Waals surface area (Å²) in [5.74, 6) is 0.266. The molecule has 1 aromatic heterocycles. The topological polar surface area (TPSA) is 135 Å². The van der Waals surface area contributed by atoms with Gasteiger partial charge in [0.1, 0.15) is 17.0 Å². The van der Waals surface area contributed by atoms with Crippen LogP contribution >= 0.6 is 0 Å². The fourth-order valence-corrected chi connectivity index (χ4v) is 8.79. The van der Waals surface area contributed by atoms with Crippen LogP contribution in [-0.4, -0.2) is 84.5 Å². The first-order valence-corrected chi connectivity index (χ1v) is 17.4. The lowest BCUT2D eigenvalue weighted by molar-refractivity contribution is -0.163. The Morgan fingerprint density at radius 2 is 1.59 bits per heavy atom. The Kier molecular flexibility index (Phi) is 9.75. The first kappa shape index (κ1) is 34.5. The monoisotopic (exact) mass is 671 g/mol. The van der Waals surface area contributed by atoms with E-state index in [-0.39, 0.29) is 29.4 Å². The van der Waals surface area contributed by atoms with E-state index in [9.17, 15) is 19.5 Å². The molecule has 4 aliphatic rings. The molecular formula is C38H49N5O6. The van der Waals surface area contributed by atoms with Gasteiger partial charge in [-0.25, -0.2) is 9.48 Å². The van der Waals surface area contributed by atoms with Crippen LogP contribution in [-0.2, 0) is 4.79 Å². The largest absolute Gasteiger partial charge is 0.496 e. The van der Waals surface area contributed by atoms with E-state index >= 15 is 0 Å². The number of methoxy groups -OCH3 is 2.